The Balaban J connectivity index is 2.04. The predicted molar refractivity (Wildman–Crippen MR) is 85.3 cm³/mol. The molecule has 0 aliphatic heterocycles. The van der Waals surface area contributed by atoms with Gasteiger partial charge in [-0.3, -0.25) is 9.59 Å². The van der Waals surface area contributed by atoms with Gasteiger partial charge in [0.05, 0.1) is 12.7 Å². The van der Waals surface area contributed by atoms with Crippen LogP contribution in [0.25, 0.3) is 0 Å². The highest BCUT2D eigenvalue weighted by atomic mass is 16.1. The Bertz CT molecular complexity index is 728. The van der Waals surface area contributed by atoms with Gasteiger partial charge in [0.2, 0.25) is 0 Å². The SMILES string of the molecule is CC(=O)c1cnn(Cc2ccccc2)c(=O)c1C1CCCC1. The van der Waals surface area contributed by atoms with Crippen molar-refractivity contribution < 1.29 is 4.79 Å². The maximum absolute atomic E-state index is 12.8. The van der Waals surface area contributed by atoms with Crippen molar-refractivity contribution in [2.45, 2.75) is 45.1 Å². The lowest BCUT2D eigenvalue weighted by Crippen LogP contribution is -2.30. The van der Waals surface area contributed by atoms with Crippen molar-refractivity contribution in [2.24, 2.45) is 0 Å². The third-order valence-corrected chi connectivity index (χ3v) is 4.40. The van der Waals surface area contributed by atoms with Gasteiger partial charge in [0.25, 0.3) is 5.56 Å². The highest BCUT2D eigenvalue weighted by Crippen LogP contribution is 2.33. The molecule has 4 heteroatoms. The molecule has 114 valence electrons. The molecule has 1 saturated carbocycles. The van der Waals surface area contributed by atoms with Gasteiger partial charge in [-0.15, -0.1) is 0 Å². The van der Waals surface area contributed by atoms with Crippen molar-refractivity contribution in [3.05, 3.63) is 63.6 Å². The molecule has 0 bridgehead atoms. The minimum absolute atomic E-state index is 0.0710. The van der Waals surface area contributed by atoms with Gasteiger partial charge >= 0.3 is 0 Å². The van der Waals surface area contributed by atoms with Gasteiger partial charge in [-0.05, 0) is 31.2 Å². The summed E-state index contributed by atoms with van der Waals surface area (Å²) in [4.78, 5) is 24.7. The zero-order valence-electron chi connectivity index (χ0n) is 12.8. The molecule has 2 aromatic rings. The fourth-order valence-corrected chi connectivity index (χ4v) is 3.26. The molecule has 1 fully saturated rings. The zero-order valence-corrected chi connectivity index (χ0v) is 12.8. The Morgan fingerprint density at radius 1 is 1.23 bits per heavy atom. The van der Waals surface area contributed by atoms with Gasteiger partial charge in [0.15, 0.2) is 5.78 Å². The van der Waals surface area contributed by atoms with Gasteiger partial charge in [-0.2, -0.15) is 5.10 Å². The van der Waals surface area contributed by atoms with E-state index in [4.69, 9.17) is 0 Å². The second-order valence-corrected chi connectivity index (χ2v) is 5.96. The molecule has 0 amide bonds. The average molecular weight is 296 g/mol. The number of Topliss-reactive ketones (excluding diaryl/α,β-unsaturated/α-hetero) is 1. The van der Waals surface area contributed by atoms with Gasteiger partial charge in [0, 0.05) is 11.1 Å². The molecule has 4 nitrogen and oxygen atoms in total. The van der Waals surface area contributed by atoms with Crippen molar-refractivity contribution in [3.63, 3.8) is 0 Å². The lowest BCUT2D eigenvalue weighted by atomic mass is 9.93. The van der Waals surface area contributed by atoms with Crippen LogP contribution in [0.1, 0.15) is 60.0 Å². The predicted octanol–water partition coefficient (Wildman–Crippen LogP) is 3.15. The highest BCUT2D eigenvalue weighted by Gasteiger charge is 2.25. The van der Waals surface area contributed by atoms with Gasteiger partial charge in [-0.25, -0.2) is 4.68 Å². The Labute approximate surface area is 129 Å². The minimum atomic E-state index is -0.108. The smallest absolute Gasteiger partial charge is 0.271 e. The number of hydrogen-bond acceptors (Lipinski definition) is 3. The Kier molecular flexibility index (Phi) is 4.18. The second-order valence-electron chi connectivity index (χ2n) is 5.96. The fourth-order valence-electron chi connectivity index (χ4n) is 3.26. The zero-order chi connectivity index (χ0) is 15.5. The standard InChI is InChI=1S/C18H20N2O2/c1-13(21)16-11-19-20(12-14-7-3-2-4-8-14)18(22)17(16)15-9-5-6-10-15/h2-4,7-8,11,15H,5-6,9-10,12H2,1H3. The van der Waals surface area contributed by atoms with Crippen LogP contribution in [-0.4, -0.2) is 15.6 Å². The Morgan fingerprint density at radius 3 is 2.55 bits per heavy atom. The lowest BCUT2D eigenvalue weighted by molar-refractivity contribution is 0.101. The first-order valence-electron chi connectivity index (χ1n) is 7.81. The lowest BCUT2D eigenvalue weighted by Gasteiger charge is -2.15. The van der Waals surface area contributed by atoms with Crippen LogP contribution in [0.4, 0.5) is 0 Å². The van der Waals surface area contributed by atoms with E-state index in [-0.39, 0.29) is 17.3 Å². The molecule has 1 aromatic carbocycles. The van der Waals surface area contributed by atoms with E-state index in [1.54, 1.807) is 6.20 Å². The fraction of sp³-hybridized carbons (Fsp3) is 0.389. The molecule has 0 saturated heterocycles. The van der Waals surface area contributed by atoms with E-state index in [1.165, 1.54) is 11.6 Å². The summed E-state index contributed by atoms with van der Waals surface area (Å²) in [7, 11) is 0. The van der Waals surface area contributed by atoms with E-state index in [9.17, 15) is 9.59 Å². The molecule has 22 heavy (non-hydrogen) atoms. The van der Waals surface area contributed by atoms with E-state index in [0.29, 0.717) is 17.7 Å². The van der Waals surface area contributed by atoms with Crippen molar-refractivity contribution in [1.29, 1.82) is 0 Å². The third-order valence-electron chi connectivity index (χ3n) is 4.40. The van der Waals surface area contributed by atoms with Crippen LogP contribution in [0, 0.1) is 0 Å². The number of carbonyl (C=O) groups is 1. The second kappa shape index (κ2) is 6.26. The van der Waals surface area contributed by atoms with E-state index in [2.05, 4.69) is 5.10 Å². The molecule has 0 N–H and O–H groups in total. The number of nitrogens with zero attached hydrogens (tertiary/aromatic N) is 2. The molecular formula is C18H20N2O2. The summed E-state index contributed by atoms with van der Waals surface area (Å²) in [6.45, 7) is 1.95. The van der Waals surface area contributed by atoms with Gasteiger partial charge < -0.3 is 0 Å². The number of hydrogen-bond donors (Lipinski definition) is 0. The van der Waals surface area contributed by atoms with E-state index in [0.717, 1.165) is 31.2 Å². The average Bonchev–Trinajstić information content (AvgIpc) is 3.04. The van der Waals surface area contributed by atoms with Crippen LogP contribution in [0.5, 0.6) is 0 Å². The number of ketones is 1. The van der Waals surface area contributed by atoms with Crippen LogP contribution in [-0.2, 0) is 6.54 Å². The first-order valence-corrected chi connectivity index (χ1v) is 7.81. The monoisotopic (exact) mass is 296 g/mol. The van der Waals surface area contributed by atoms with Crippen LogP contribution in [0.3, 0.4) is 0 Å². The molecular weight excluding hydrogens is 276 g/mol. The quantitative estimate of drug-likeness (QED) is 0.814. The van der Waals surface area contributed by atoms with Gasteiger partial charge in [0.1, 0.15) is 0 Å². The van der Waals surface area contributed by atoms with Crippen molar-refractivity contribution in [3.8, 4) is 0 Å². The molecule has 1 aliphatic carbocycles. The van der Waals surface area contributed by atoms with Crippen molar-refractivity contribution in [1.82, 2.24) is 9.78 Å². The maximum Gasteiger partial charge on any atom is 0.271 e. The largest absolute Gasteiger partial charge is 0.294 e. The van der Waals surface area contributed by atoms with Crippen LogP contribution >= 0.6 is 0 Å². The number of benzene rings is 1. The highest BCUT2D eigenvalue weighted by molar-refractivity contribution is 5.95. The maximum atomic E-state index is 12.8. The molecule has 0 radical (unpaired) electrons. The Hall–Kier alpha value is -2.23. The topological polar surface area (TPSA) is 52.0 Å². The third kappa shape index (κ3) is 2.86. The normalized spacial score (nSPS) is 15.1. The van der Waals surface area contributed by atoms with Crippen molar-refractivity contribution in [2.75, 3.05) is 0 Å². The molecule has 0 spiro atoms. The number of aromatic nitrogens is 2. The molecule has 3 rings (SSSR count). The summed E-state index contributed by atoms with van der Waals surface area (Å²) in [6.07, 6.45) is 5.81. The number of carbonyl (C=O) groups excluding carboxylic acids is 1. The summed E-state index contributed by atoms with van der Waals surface area (Å²) in [5.74, 6) is 0.134. The first kappa shape index (κ1) is 14.7. The van der Waals surface area contributed by atoms with Crippen LogP contribution in [0.2, 0.25) is 0 Å². The van der Waals surface area contributed by atoms with Crippen LogP contribution < -0.4 is 5.56 Å². The summed E-state index contributed by atoms with van der Waals surface area (Å²) >= 11 is 0. The Morgan fingerprint density at radius 2 is 1.91 bits per heavy atom. The van der Waals surface area contributed by atoms with Gasteiger partial charge in [-0.1, -0.05) is 43.2 Å². The summed E-state index contributed by atoms with van der Waals surface area (Å²) in [6, 6.07) is 9.79. The van der Waals surface area contributed by atoms with Crippen LogP contribution in [0.15, 0.2) is 41.3 Å². The first-order chi connectivity index (χ1) is 10.7. The summed E-state index contributed by atoms with van der Waals surface area (Å²) in [5.41, 5.74) is 2.10. The molecule has 1 aromatic heterocycles. The minimum Gasteiger partial charge on any atom is -0.294 e. The molecule has 0 unspecified atom stereocenters. The summed E-state index contributed by atoms with van der Waals surface area (Å²) in [5, 5.41) is 4.21. The molecule has 1 aliphatic rings. The molecule has 0 atom stereocenters. The van der Waals surface area contributed by atoms with Crippen molar-refractivity contribution >= 4 is 5.78 Å². The van der Waals surface area contributed by atoms with E-state index >= 15 is 0 Å². The van der Waals surface area contributed by atoms with E-state index < -0.39 is 0 Å². The number of rotatable bonds is 4. The van der Waals surface area contributed by atoms with E-state index in [1.807, 2.05) is 30.3 Å². The summed E-state index contributed by atoms with van der Waals surface area (Å²) < 4.78 is 1.48. The molecule has 1 heterocycles.